The predicted molar refractivity (Wildman–Crippen MR) is 47.9 cm³/mol. The molecule has 0 saturated heterocycles. The number of rotatable bonds is 1. The van der Waals surface area contributed by atoms with Gasteiger partial charge in [-0.1, -0.05) is 6.07 Å². The van der Waals surface area contributed by atoms with E-state index in [2.05, 4.69) is 0 Å². The van der Waals surface area contributed by atoms with Gasteiger partial charge in [0, 0.05) is 23.2 Å². The van der Waals surface area contributed by atoms with Crippen LogP contribution in [0.5, 0.6) is 0 Å². The van der Waals surface area contributed by atoms with Crippen LogP contribution in [0.3, 0.4) is 0 Å². The maximum absolute atomic E-state index is 7.04. The van der Waals surface area contributed by atoms with E-state index < -0.39 is 0 Å². The number of nitrogen functional groups attached to an aromatic ring is 2. The zero-order valence-corrected chi connectivity index (χ0v) is 6.39. The van der Waals surface area contributed by atoms with Crippen molar-refractivity contribution >= 4 is 17.6 Å². The van der Waals surface area contributed by atoms with Crippen LogP contribution < -0.4 is 11.5 Å². The van der Waals surface area contributed by atoms with Crippen molar-refractivity contribution in [1.82, 2.24) is 0 Å². The topological polar surface area (TPSA) is 75.9 Å². The molecule has 0 atom stereocenters. The summed E-state index contributed by atoms with van der Waals surface area (Å²) in [5.74, 6) is 0. The van der Waals surface area contributed by atoms with Gasteiger partial charge >= 0.3 is 0 Å². The molecule has 0 aliphatic heterocycles. The highest BCUT2D eigenvalue weighted by atomic mass is 14.6. The maximum atomic E-state index is 7.04. The third-order valence-electron chi connectivity index (χ3n) is 1.68. The van der Waals surface area contributed by atoms with Crippen LogP contribution in [-0.4, -0.2) is 6.21 Å². The number of hydrogen-bond acceptors (Lipinski definition) is 3. The molecule has 11 heavy (non-hydrogen) atoms. The van der Waals surface area contributed by atoms with Gasteiger partial charge in [-0.15, -0.1) is 0 Å². The van der Waals surface area contributed by atoms with Crippen LogP contribution in [0.1, 0.15) is 11.1 Å². The number of hydrogen-bond donors (Lipinski definition) is 3. The maximum Gasteiger partial charge on any atom is 0.0453 e. The number of anilines is 2. The lowest BCUT2D eigenvalue weighted by Gasteiger charge is -2.05. The normalized spacial score (nSPS) is 9.55. The number of benzene rings is 1. The molecule has 1 aromatic carbocycles. The third-order valence-corrected chi connectivity index (χ3v) is 1.68. The summed E-state index contributed by atoms with van der Waals surface area (Å²) in [5, 5.41) is 7.04. The molecule has 0 aliphatic rings. The summed E-state index contributed by atoms with van der Waals surface area (Å²) in [6.07, 6.45) is 1.18. The smallest absolute Gasteiger partial charge is 0.0453 e. The first-order valence-electron chi connectivity index (χ1n) is 3.32. The molecule has 0 heterocycles. The monoisotopic (exact) mass is 149 g/mol. The molecular weight excluding hydrogens is 138 g/mol. The summed E-state index contributed by atoms with van der Waals surface area (Å²) in [6.45, 7) is 1.89. The second-order valence-corrected chi connectivity index (χ2v) is 2.44. The molecule has 0 fully saturated rings. The second-order valence-electron chi connectivity index (χ2n) is 2.44. The van der Waals surface area contributed by atoms with E-state index in [-0.39, 0.29) is 0 Å². The first-order valence-corrected chi connectivity index (χ1v) is 3.32. The predicted octanol–water partition coefficient (Wildman–Crippen LogP) is 1.16. The van der Waals surface area contributed by atoms with Gasteiger partial charge in [-0.05, 0) is 18.6 Å². The van der Waals surface area contributed by atoms with Crippen LogP contribution in [0.2, 0.25) is 0 Å². The van der Waals surface area contributed by atoms with Gasteiger partial charge in [0.05, 0.1) is 0 Å². The zero-order valence-electron chi connectivity index (χ0n) is 6.39. The largest absolute Gasteiger partial charge is 0.398 e. The molecule has 58 valence electrons. The molecule has 3 heteroatoms. The highest BCUT2D eigenvalue weighted by Crippen LogP contribution is 2.20. The van der Waals surface area contributed by atoms with Crippen molar-refractivity contribution in [2.45, 2.75) is 6.92 Å². The third kappa shape index (κ3) is 1.17. The second kappa shape index (κ2) is 2.62. The van der Waals surface area contributed by atoms with Crippen molar-refractivity contribution < 1.29 is 0 Å². The average molecular weight is 149 g/mol. The zero-order chi connectivity index (χ0) is 8.43. The molecule has 3 nitrogen and oxygen atoms in total. The Labute approximate surface area is 65.5 Å². The van der Waals surface area contributed by atoms with Crippen molar-refractivity contribution in [2.24, 2.45) is 0 Å². The van der Waals surface area contributed by atoms with Crippen LogP contribution in [0.4, 0.5) is 11.4 Å². The molecule has 0 aliphatic carbocycles. The summed E-state index contributed by atoms with van der Waals surface area (Å²) in [4.78, 5) is 0. The Balaban J connectivity index is 3.40. The SMILES string of the molecule is Cc1ccc(N)c(C=N)c1N. The van der Waals surface area contributed by atoms with Crippen molar-refractivity contribution in [2.75, 3.05) is 11.5 Å². The molecule has 1 rings (SSSR count). The summed E-state index contributed by atoms with van der Waals surface area (Å²) in [5.41, 5.74) is 14.0. The summed E-state index contributed by atoms with van der Waals surface area (Å²) >= 11 is 0. The Morgan fingerprint density at radius 2 is 2.00 bits per heavy atom. The quantitative estimate of drug-likeness (QED) is 0.414. The summed E-state index contributed by atoms with van der Waals surface area (Å²) in [7, 11) is 0. The Kier molecular flexibility index (Phi) is 1.81. The summed E-state index contributed by atoms with van der Waals surface area (Å²) < 4.78 is 0. The molecule has 0 radical (unpaired) electrons. The van der Waals surface area contributed by atoms with Crippen molar-refractivity contribution in [1.29, 1.82) is 5.41 Å². The average Bonchev–Trinajstić information content (AvgIpc) is 1.99. The molecule has 0 amide bonds. The van der Waals surface area contributed by atoms with Gasteiger partial charge in [-0.3, -0.25) is 0 Å². The van der Waals surface area contributed by atoms with Crippen LogP contribution >= 0.6 is 0 Å². The Hall–Kier alpha value is -1.51. The number of nitrogens with one attached hydrogen (secondary N) is 1. The molecule has 5 N–H and O–H groups in total. The van der Waals surface area contributed by atoms with Gasteiger partial charge in [0.25, 0.3) is 0 Å². The van der Waals surface area contributed by atoms with Gasteiger partial charge in [0.15, 0.2) is 0 Å². The van der Waals surface area contributed by atoms with Gasteiger partial charge in [-0.25, -0.2) is 0 Å². The van der Waals surface area contributed by atoms with Crippen molar-refractivity contribution in [3.63, 3.8) is 0 Å². The van der Waals surface area contributed by atoms with Crippen LogP contribution in [0.25, 0.3) is 0 Å². The lowest BCUT2D eigenvalue weighted by molar-refractivity contribution is 1.45. The van der Waals surface area contributed by atoms with E-state index in [0.717, 1.165) is 5.56 Å². The minimum atomic E-state index is 0.558. The fraction of sp³-hybridized carbons (Fsp3) is 0.125. The lowest BCUT2D eigenvalue weighted by atomic mass is 10.1. The number of nitrogens with two attached hydrogens (primary N) is 2. The van der Waals surface area contributed by atoms with Crippen molar-refractivity contribution in [3.8, 4) is 0 Å². The molecule has 0 spiro atoms. The first-order chi connectivity index (χ1) is 5.16. The van der Waals surface area contributed by atoms with E-state index in [4.69, 9.17) is 16.9 Å². The van der Waals surface area contributed by atoms with Crippen LogP contribution in [0.15, 0.2) is 12.1 Å². The Morgan fingerprint density at radius 1 is 1.36 bits per heavy atom. The van der Waals surface area contributed by atoms with E-state index in [9.17, 15) is 0 Å². The first kappa shape index (κ1) is 7.60. The molecule has 0 unspecified atom stereocenters. The standard InChI is InChI=1S/C8H11N3/c1-5-2-3-7(10)6(4-9)8(5)11/h2-4,9H,10-11H2,1H3. The van der Waals surface area contributed by atoms with E-state index in [1.807, 2.05) is 13.0 Å². The number of aryl methyl sites for hydroxylation is 1. The van der Waals surface area contributed by atoms with Crippen LogP contribution in [0, 0.1) is 12.3 Å². The summed E-state index contributed by atoms with van der Waals surface area (Å²) in [6, 6.07) is 3.60. The molecule has 0 aromatic heterocycles. The van der Waals surface area contributed by atoms with Crippen molar-refractivity contribution in [3.05, 3.63) is 23.3 Å². The van der Waals surface area contributed by atoms with Gasteiger partial charge in [0.2, 0.25) is 0 Å². The molecular formula is C8H11N3. The minimum absolute atomic E-state index is 0.558. The Bertz CT molecular complexity index is 292. The highest BCUT2D eigenvalue weighted by Gasteiger charge is 2.02. The highest BCUT2D eigenvalue weighted by molar-refractivity contribution is 5.92. The molecule has 1 aromatic rings. The van der Waals surface area contributed by atoms with Gasteiger partial charge in [-0.2, -0.15) is 0 Å². The van der Waals surface area contributed by atoms with E-state index >= 15 is 0 Å². The molecule has 0 saturated carbocycles. The fourth-order valence-electron chi connectivity index (χ4n) is 0.923. The van der Waals surface area contributed by atoms with E-state index in [0.29, 0.717) is 16.9 Å². The van der Waals surface area contributed by atoms with E-state index in [1.165, 1.54) is 6.21 Å². The van der Waals surface area contributed by atoms with Gasteiger partial charge < -0.3 is 16.9 Å². The van der Waals surface area contributed by atoms with Gasteiger partial charge in [0.1, 0.15) is 0 Å². The molecule has 0 bridgehead atoms. The van der Waals surface area contributed by atoms with Crippen LogP contribution in [-0.2, 0) is 0 Å². The minimum Gasteiger partial charge on any atom is -0.398 e. The fourth-order valence-corrected chi connectivity index (χ4v) is 0.923. The Morgan fingerprint density at radius 3 is 2.45 bits per heavy atom. The lowest BCUT2D eigenvalue weighted by Crippen LogP contribution is -2.00. The van der Waals surface area contributed by atoms with E-state index in [1.54, 1.807) is 6.07 Å².